The van der Waals surface area contributed by atoms with E-state index in [9.17, 15) is 9.59 Å². The van der Waals surface area contributed by atoms with Crippen molar-refractivity contribution in [1.29, 1.82) is 0 Å². The number of carbonyl (C=O) groups is 2. The van der Waals surface area contributed by atoms with Gasteiger partial charge < -0.3 is 14.8 Å². The van der Waals surface area contributed by atoms with Crippen LogP contribution in [0, 0.1) is 0 Å². The lowest BCUT2D eigenvalue weighted by Crippen LogP contribution is -2.17. The molecule has 0 fully saturated rings. The summed E-state index contributed by atoms with van der Waals surface area (Å²) in [5.74, 6) is 0.509. The van der Waals surface area contributed by atoms with Crippen LogP contribution >= 0.6 is 11.6 Å². The second-order valence-electron chi connectivity index (χ2n) is 5.97. The van der Waals surface area contributed by atoms with E-state index >= 15 is 0 Å². The molecule has 0 atom stereocenters. The van der Waals surface area contributed by atoms with E-state index in [-0.39, 0.29) is 17.9 Å². The van der Waals surface area contributed by atoms with Crippen molar-refractivity contribution in [2.24, 2.45) is 0 Å². The number of hydrogen-bond donors (Lipinski definition) is 1. The van der Waals surface area contributed by atoms with Crippen molar-refractivity contribution in [3.8, 4) is 11.5 Å². The zero-order chi connectivity index (χ0) is 19.9. The normalized spacial score (nSPS) is 10.2. The molecule has 1 amide bonds. The van der Waals surface area contributed by atoms with E-state index in [0.717, 1.165) is 5.56 Å². The van der Waals surface area contributed by atoms with E-state index in [1.807, 2.05) is 48.5 Å². The largest absolute Gasteiger partial charge is 0.465 e. The molecule has 0 aliphatic rings. The number of amides is 1. The Morgan fingerprint density at radius 2 is 1.68 bits per heavy atom. The molecule has 3 rings (SSSR count). The molecular formula is C22H18ClNO4. The van der Waals surface area contributed by atoms with Crippen LogP contribution in [0.4, 0.5) is 5.69 Å². The van der Waals surface area contributed by atoms with Gasteiger partial charge in [0.2, 0.25) is 5.91 Å². The SMILES string of the molecule is COC(=O)c1ccc(Cl)cc1NC(=O)Cc1cccc(Oc2ccccc2)c1. The molecule has 0 spiro atoms. The van der Waals surface area contributed by atoms with Gasteiger partial charge in [0.15, 0.2) is 0 Å². The summed E-state index contributed by atoms with van der Waals surface area (Å²) in [5.41, 5.74) is 1.31. The predicted molar refractivity (Wildman–Crippen MR) is 108 cm³/mol. The van der Waals surface area contributed by atoms with Crippen LogP contribution in [0.15, 0.2) is 72.8 Å². The van der Waals surface area contributed by atoms with E-state index in [1.54, 1.807) is 12.1 Å². The maximum atomic E-state index is 12.5. The number of hydrogen-bond acceptors (Lipinski definition) is 4. The van der Waals surface area contributed by atoms with Crippen molar-refractivity contribution < 1.29 is 19.1 Å². The van der Waals surface area contributed by atoms with Crippen LogP contribution in [0.3, 0.4) is 0 Å². The molecule has 1 N–H and O–H groups in total. The third-order valence-corrected chi connectivity index (χ3v) is 4.14. The monoisotopic (exact) mass is 395 g/mol. The first kappa shape index (κ1) is 19.5. The Morgan fingerprint density at radius 1 is 0.929 bits per heavy atom. The Labute approximate surface area is 167 Å². The van der Waals surface area contributed by atoms with Crippen LogP contribution in [-0.4, -0.2) is 19.0 Å². The summed E-state index contributed by atoms with van der Waals surface area (Å²) in [6, 6.07) is 21.2. The van der Waals surface area contributed by atoms with Gasteiger partial charge in [0.25, 0.3) is 0 Å². The molecule has 0 unspecified atom stereocenters. The van der Waals surface area contributed by atoms with Crippen LogP contribution in [0.2, 0.25) is 5.02 Å². The highest BCUT2D eigenvalue weighted by atomic mass is 35.5. The Hall–Kier alpha value is -3.31. The third kappa shape index (κ3) is 5.11. The smallest absolute Gasteiger partial charge is 0.339 e. The van der Waals surface area contributed by atoms with Crippen molar-refractivity contribution >= 4 is 29.2 Å². The van der Waals surface area contributed by atoms with E-state index in [0.29, 0.717) is 22.2 Å². The molecular weight excluding hydrogens is 378 g/mol. The number of nitrogens with one attached hydrogen (secondary N) is 1. The number of anilines is 1. The Bertz CT molecular complexity index is 989. The summed E-state index contributed by atoms with van der Waals surface area (Å²) in [7, 11) is 1.28. The van der Waals surface area contributed by atoms with E-state index in [2.05, 4.69) is 5.32 Å². The minimum atomic E-state index is -0.551. The first-order valence-electron chi connectivity index (χ1n) is 8.55. The standard InChI is InChI=1S/C22H18ClNO4/c1-27-22(26)19-11-10-16(23)14-20(19)24-21(25)13-15-6-5-9-18(12-15)28-17-7-3-2-4-8-17/h2-12,14H,13H2,1H3,(H,24,25). The van der Waals surface area contributed by atoms with Gasteiger partial charge in [-0.15, -0.1) is 0 Å². The maximum absolute atomic E-state index is 12.5. The zero-order valence-corrected chi connectivity index (χ0v) is 15.9. The zero-order valence-electron chi connectivity index (χ0n) is 15.1. The molecule has 28 heavy (non-hydrogen) atoms. The lowest BCUT2D eigenvalue weighted by Gasteiger charge is -2.11. The van der Waals surface area contributed by atoms with E-state index in [4.69, 9.17) is 21.1 Å². The highest BCUT2D eigenvalue weighted by Crippen LogP contribution is 2.24. The highest BCUT2D eigenvalue weighted by Gasteiger charge is 2.15. The number of ether oxygens (including phenoxy) is 2. The number of carbonyl (C=O) groups excluding carboxylic acids is 2. The summed E-state index contributed by atoms with van der Waals surface area (Å²) in [5, 5.41) is 3.12. The van der Waals surface area contributed by atoms with Gasteiger partial charge in [-0.3, -0.25) is 4.79 Å². The van der Waals surface area contributed by atoms with Gasteiger partial charge >= 0.3 is 5.97 Å². The number of methoxy groups -OCH3 is 1. The van der Waals surface area contributed by atoms with E-state index < -0.39 is 5.97 Å². The molecule has 0 aliphatic heterocycles. The predicted octanol–water partition coefficient (Wildman–Crippen LogP) is 5.10. The molecule has 5 nitrogen and oxygen atoms in total. The molecule has 0 aromatic heterocycles. The molecule has 0 bridgehead atoms. The maximum Gasteiger partial charge on any atom is 0.339 e. The van der Waals surface area contributed by atoms with Gasteiger partial charge in [-0.1, -0.05) is 41.9 Å². The topological polar surface area (TPSA) is 64.6 Å². The summed E-state index contributed by atoms with van der Waals surface area (Å²) >= 11 is 5.99. The second-order valence-corrected chi connectivity index (χ2v) is 6.41. The summed E-state index contributed by atoms with van der Waals surface area (Å²) in [4.78, 5) is 24.3. The number of halogens is 1. The fraction of sp³-hybridized carbons (Fsp3) is 0.0909. The molecule has 3 aromatic rings. The molecule has 0 saturated heterocycles. The summed E-state index contributed by atoms with van der Waals surface area (Å²) in [6.07, 6.45) is 0.110. The molecule has 0 aliphatic carbocycles. The lowest BCUT2D eigenvalue weighted by molar-refractivity contribution is -0.115. The number of benzene rings is 3. The van der Waals surface area contributed by atoms with Crippen molar-refractivity contribution in [3.05, 3.63) is 88.9 Å². The molecule has 6 heteroatoms. The van der Waals surface area contributed by atoms with Gasteiger partial charge in [-0.05, 0) is 48.0 Å². The van der Waals surface area contributed by atoms with Crippen molar-refractivity contribution in [2.45, 2.75) is 6.42 Å². The molecule has 3 aromatic carbocycles. The Balaban J connectivity index is 1.71. The van der Waals surface area contributed by atoms with Crippen molar-refractivity contribution in [1.82, 2.24) is 0 Å². The Morgan fingerprint density at radius 3 is 2.43 bits per heavy atom. The molecule has 0 saturated carbocycles. The molecule has 0 radical (unpaired) electrons. The van der Waals surface area contributed by atoms with Crippen LogP contribution in [0.5, 0.6) is 11.5 Å². The first-order chi connectivity index (χ1) is 13.5. The third-order valence-electron chi connectivity index (χ3n) is 3.90. The van der Waals surface area contributed by atoms with Gasteiger partial charge in [-0.25, -0.2) is 4.79 Å². The highest BCUT2D eigenvalue weighted by molar-refractivity contribution is 6.31. The van der Waals surface area contributed by atoms with Gasteiger partial charge in [-0.2, -0.15) is 0 Å². The van der Waals surface area contributed by atoms with Crippen LogP contribution in [0.25, 0.3) is 0 Å². The van der Waals surface area contributed by atoms with Crippen LogP contribution in [-0.2, 0) is 16.0 Å². The van der Waals surface area contributed by atoms with Crippen molar-refractivity contribution in [2.75, 3.05) is 12.4 Å². The number of rotatable bonds is 6. The second kappa shape index (κ2) is 9.06. The fourth-order valence-corrected chi connectivity index (χ4v) is 2.80. The van der Waals surface area contributed by atoms with Gasteiger partial charge in [0.05, 0.1) is 24.8 Å². The lowest BCUT2D eigenvalue weighted by atomic mass is 10.1. The van der Waals surface area contributed by atoms with Crippen LogP contribution < -0.4 is 10.1 Å². The first-order valence-corrected chi connectivity index (χ1v) is 8.92. The molecule has 0 heterocycles. The fourth-order valence-electron chi connectivity index (χ4n) is 2.63. The van der Waals surface area contributed by atoms with Crippen molar-refractivity contribution in [3.63, 3.8) is 0 Å². The average Bonchev–Trinajstić information content (AvgIpc) is 2.68. The molecule has 142 valence electrons. The summed E-state index contributed by atoms with van der Waals surface area (Å²) < 4.78 is 10.5. The van der Waals surface area contributed by atoms with Gasteiger partial charge in [0, 0.05) is 5.02 Å². The summed E-state index contributed by atoms with van der Waals surface area (Å²) in [6.45, 7) is 0. The number of para-hydroxylation sites is 1. The quantitative estimate of drug-likeness (QED) is 0.590. The number of esters is 1. The van der Waals surface area contributed by atoms with Crippen LogP contribution in [0.1, 0.15) is 15.9 Å². The average molecular weight is 396 g/mol. The van der Waals surface area contributed by atoms with E-state index in [1.165, 1.54) is 19.2 Å². The minimum Gasteiger partial charge on any atom is -0.465 e. The Kier molecular flexibility index (Phi) is 6.29. The minimum absolute atomic E-state index is 0.110. The van der Waals surface area contributed by atoms with Gasteiger partial charge in [0.1, 0.15) is 11.5 Å².